The number of rotatable bonds is 5. The van der Waals surface area contributed by atoms with Crippen LogP contribution in [0, 0.1) is 5.92 Å². The number of benzene rings is 1. The van der Waals surface area contributed by atoms with E-state index in [2.05, 4.69) is 15.5 Å². The summed E-state index contributed by atoms with van der Waals surface area (Å²) in [5.74, 6) is -0.0582. The number of piperidine rings is 1. The van der Waals surface area contributed by atoms with Crippen molar-refractivity contribution in [2.75, 3.05) is 13.1 Å². The van der Waals surface area contributed by atoms with Gasteiger partial charge in [-0.1, -0.05) is 23.7 Å². The third kappa shape index (κ3) is 4.86. The molecule has 3 aromatic rings. The van der Waals surface area contributed by atoms with E-state index in [0.29, 0.717) is 42.3 Å². The van der Waals surface area contributed by atoms with Crippen LogP contribution in [0.1, 0.15) is 43.0 Å². The first-order valence-corrected chi connectivity index (χ1v) is 12.1. The average molecular weight is 495 g/mol. The molecule has 1 saturated heterocycles. The zero-order valence-corrected chi connectivity index (χ0v) is 20.5. The van der Waals surface area contributed by atoms with Gasteiger partial charge in [0, 0.05) is 42.2 Å². The largest absolute Gasteiger partial charge is 0.347 e. The van der Waals surface area contributed by atoms with Gasteiger partial charge >= 0.3 is 0 Å². The van der Waals surface area contributed by atoms with Crippen molar-refractivity contribution in [3.8, 4) is 16.9 Å². The first-order chi connectivity index (χ1) is 16.7. The molecule has 0 atom stereocenters. The van der Waals surface area contributed by atoms with Crippen molar-refractivity contribution in [3.63, 3.8) is 0 Å². The van der Waals surface area contributed by atoms with Crippen molar-refractivity contribution in [2.24, 2.45) is 13.0 Å². The molecule has 2 fully saturated rings. The number of nitrogens with one attached hydrogen (secondary N) is 1. The minimum atomic E-state index is -0.529. The number of aryl methyl sites for hydroxylation is 1. The predicted octanol–water partition coefficient (Wildman–Crippen LogP) is 2.81. The zero-order valence-electron chi connectivity index (χ0n) is 19.7. The topological polar surface area (TPSA) is 102 Å². The van der Waals surface area contributed by atoms with Gasteiger partial charge in [-0.05, 0) is 50.8 Å². The minimum absolute atomic E-state index is 0.00786. The molecule has 3 heterocycles. The Balaban J connectivity index is 1.44. The lowest BCUT2D eigenvalue weighted by molar-refractivity contribution is -0.134. The second-order valence-electron chi connectivity index (χ2n) is 9.65. The molecule has 0 spiro atoms. The summed E-state index contributed by atoms with van der Waals surface area (Å²) < 4.78 is 2.76. The molecule has 1 N–H and O–H groups in total. The molecular weight excluding hydrogens is 468 g/mol. The van der Waals surface area contributed by atoms with E-state index in [1.165, 1.54) is 16.9 Å². The Kier molecular flexibility index (Phi) is 5.96. The average Bonchev–Trinajstić information content (AvgIpc) is 3.60. The van der Waals surface area contributed by atoms with Crippen LogP contribution >= 0.6 is 11.6 Å². The molecule has 1 aliphatic carbocycles. The van der Waals surface area contributed by atoms with Crippen LogP contribution in [0.25, 0.3) is 16.9 Å². The molecule has 2 aromatic heterocycles. The van der Waals surface area contributed by atoms with Crippen molar-refractivity contribution < 1.29 is 9.59 Å². The summed E-state index contributed by atoms with van der Waals surface area (Å²) in [5, 5.41) is 12.3. The second kappa shape index (κ2) is 8.96. The van der Waals surface area contributed by atoms with Gasteiger partial charge < -0.3 is 10.2 Å². The Labute approximate surface area is 207 Å². The van der Waals surface area contributed by atoms with Gasteiger partial charge in [-0.2, -0.15) is 14.9 Å². The monoisotopic (exact) mass is 494 g/mol. The smallest absolute Gasteiger partial charge is 0.284 e. The summed E-state index contributed by atoms with van der Waals surface area (Å²) in [4.78, 5) is 41.1. The summed E-state index contributed by atoms with van der Waals surface area (Å²) in [7, 11) is 1.74. The predicted molar refractivity (Wildman–Crippen MR) is 131 cm³/mol. The van der Waals surface area contributed by atoms with Crippen LogP contribution in [-0.4, -0.2) is 54.9 Å². The van der Waals surface area contributed by atoms with Crippen LogP contribution in [0.2, 0.25) is 5.02 Å². The molecule has 0 unspecified atom stereocenters. The number of carbonyl (C=O) groups is 2. The summed E-state index contributed by atoms with van der Waals surface area (Å²) in [6.07, 6.45) is 6.40. The van der Waals surface area contributed by atoms with E-state index < -0.39 is 17.0 Å². The van der Waals surface area contributed by atoms with Gasteiger partial charge in [-0.25, -0.2) is 0 Å². The molecule has 5 rings (SSSR count). The van der Waals surface area contributed by atoms with E-state index in [1.54, 1.807) is 42.2 Å². The third-order valence-corrected chi connectivity index (χ3v) is 7.00. The molecule has 1 aliphatic heterocycles. The van der Waals surface area contributed by atoms with E-state index in [9.17, 15) is 14.4 Å². The summed E-state index contributed by atoms with van der Waals surface area (Å²) in [6, 6.07) is 8.56. The maximum atomic E-state index is 13.4. The van der Waals surface area contributed by atoms with Crippen LogP contribution in [0.3, 0.4) is 0 Å². The van der Waals surface area contributed by atoms with Gasteiger partial charge in [0.1, 0.15) is 11.3 Å². The number of carbonyl (C=O) groups excluding carboxylic acids is 2. The highest BCUT2D eigenvalue weighted by atomic mass is 35.5. The number of amides is 2. The molecule has 35 heavy (non-hydrogen) atoms. The highest BCUT2D eigenvalue weighted by Gasteiger charge is 2.38. The normalized spacial score (nSPS) is 17.3. The fourth-order valence-corrected chi connectivity index (χ4v) is 4.51. The van der Waals surface area contributed by atoms with E-state index >= 15 is 0 Å². The molecule has 0 radical (unpaired) electrons. The maximum absolute atomic E-state index is 13.4. The Hall–Kier alpha value is -3.46. The Morgan fingerprint density at radius 1 is 1.14 bits per heavy atom. The molecule has 2 aliphatic rings. The summed E-state index contributed by atoms with van der Waals surface area (Å²) in [5.41, 5.74) is 0.585. The van der Waals surface area contributed by atoms with Crippen molar-refractivity contribution in [1.82, 2.24) is 29.8 Å². The lowest BCUT2D eigenvalue weighted by Gasteiger charge is -2.40. The van der Waals surface area contributed by atoms with Gasteiger partial charge in [0.2, 0.25) is 5.91 Å². The number of aromatic nitrogens is 4. The first-order valence-electron chi connectivity index (χ1n) is 11.7. The molecule has 9 nitrogen and oxygen atoms in total. The van der Waals surface area contributed by atoms with Crippen molar-refractivity contribution in [2.45, 2.75) is 38.1 Å². The zero-order chi connectivity index (χ0) is 24.7. The van der Waals surface area contributed by atoms with Crippen molar-refractivity contribution >= 4 is 23.4 Å². The van der Waals surface area contributed by atoms with Crippen LogP contribution in [0.4, 0.5) is 0 Å². The number of halogens is 1. The van der Waals surface area contributed by atoms with Crippen molar-refractivity contribution in [3.05, 3.63) is 63.7 Å². The Bertz CT molecular complexity index is 1330. The third-order valence-electron chi connectivity index (χ3n) is 6.75. The van der Waals surface area contributed by atoms with Gasteiger partial charge in [-0.15, -0.1) is 0 Å². The SMILES string of the molecule is Cn1cc(-n2nc(-c3ccc(Cl)cc3)cc(C(=O)NC3(C)CCN(C(=O)C4CC4)CC3)c2=O)cn1. The Morgan fingerprint density at radius 2 is 1.83 bits per heavy atom. The number of likely N-dealkylation sites (tertiary alicyclic amines) is 1. The maximum Gasteiger partial charge on any atom is 0.284 e. The summed E-state index contributed by atoms with van der Waals surface area (Å²) >= 11 is 6.03. The van der Waals surface area contributed by atoms with E-state index in [4.69, 9.17) is 11.6 Å². The molecule has 0 bridgehead atoms. The quantitative estimate of drug-likeness (QED) is 0.587. The van der Waals surface area contributed by atoms with Gasteiger partial charge in [0.25, 0.3) is 11.5 Å². The number of nitrogens with zero attached hydrogens (tertiary/aromatic N) is 5. The molecule has 1 saturated carbocycles. The first kappa shape index (κ1) is 23.3. The fraction of sp³-hybridized carbons (Fsp3) is 0.400. The van der Waals surface area contributed by atoms with Crippen LogP contribution in [-0.2, 0) is 11.8 Å². The second-order valence-corrected chi connectivity index (χ2v) is 10.1. The molecular formula is C25H27ClN6O3. The van der Waals surface area contributed by atoms with Gasteiger partial charge in [-0.3, -0.25) is 19.1 Å². The molecule has 182 valence electrons. The highest BCUT2D eigenvalue weighted by molar-refractivity contribution is 6.30. The van der Waals surface area contributed by atoms with Gasteiger partial charge in [0.15, 0.2) is 0 Å². The van der Waals surface area contributed by atoms with E-state index in [0.717, 1.165) is 18.4 Å². The van der Waals surface area contributed by atoms with E-state index in [1.807, 2.05) is 11.8 Å². The standard InChI is InChI=1S/C25H27ClN6O3/c1-25(9-11-31(12-10-25)23(34)17-3-4-17)28-22(33)20-13-21(16-5-7-18(26)8-6-16)29-32(24(20)35)19-14-27-30(2)15-19/h5-8,13-15,17H,3-4,9-12H2,1-2H3,(H,28,33). The van der Waals surface area contributed by atoms with Crippen LogP contribution in [0.15, 0.2) is 47.5 Å². The summed E-state index contributed by atoms with van der Waals surface area (Å²) in [6.45, 7) is 3.15. The van der Waals surface area contributed by atoms with E-state index in [-0.39, 0.29) is 17.4 Å². The van der Waals surface area contributed by atoms with Gasteiger partial charge in [0.05, 0.1) is 18.1 Å². The lowest BCUT2D eigenvalue weighted by atomic mass is 9.89. The lowest BCUT2D eigenvalue weighted by Crippen LogP contribution is -2.55. The number of hydrogen-bond donors (Lipinski definition) is 1. The fourth-order valence-electron chi connectivity index (χ4n) is 4.39. The Morgan fingerprint density at radius 3 is 2.43 bits per heavy atom. The highest BCUT2D eigenvalue weighted by Crippen LogP contribution is 2.33. The molecule has 2 amide bonds. The number of hydrogen-bond acceptors (Lipinski definition) is 5. The van der Waals surface area contributed by atoms with Crippen molar-refractivity contribution in [1.29, 1.82) is 0 Å². The van der Waals surface area contributed by atoms with Crippen LogP contribution in [0.5, 0.6) is 0 Å². The van der Waals surface area contributed by atoms with Crippen LogP contribution < -0.4 is 10.9 Å². The molecule has 1 aromatic carbocycles. The molecule has 10 heteroatoms. The minimum Gasteiger partial charge on any atom is -0.347 e.